The molecule has 5 rings (SSSR count). The molecular weight excluding hydrogens is 586 g/mol. The van der Waals surface area contributed by atoms with Crippen LogP contribution in [0.3, 0.4) is 0 Å². The number of halogens is 2. The fourth-order valence-electron chi connectivity index (χ4n) is 5.77. The van der Waals surface area contributed by atoms with Crippen molar-refractivity contribution >= 4 is 29.7 Å². The summed E-state index contributed by atoms with van der Waals surface area (Å²) in [5, 5.41) is 0. The third kappa shape index (κ3) is 7.20. The first-order chi connectivity index (χ1) is 17.3. The van der Waals surface area contributed by atoms with Crippen LogP contribution in [0.4, 0.5) is 5.69 Å². The molecule has 0 unspecified atom stereocenters. The van der Waals surface area contributed by atoms with Crippen LogP contribution in [0.2, 0.25) is 0 Å². The second-order valence-electron chi connectivity index (χ2n) is 12.2. The summed E-state index contributed by atoms with van der Waals surface area (Å²) < 4.78 is 7.51. The number of fused-ring (bicyclic) bond motifs is 3. The number of benzene rings is 2. The Kier molecular flexibility index (Phi) is 10.4. The van der Waals surface area contributed by atoms with Crippen LogP contribution in [-0.4, -0.2) is 16.3 Å². The Labute approximate surface area is 239 Å². The average Bonchev–Trinajstić information content (AvgIpc) is 2.80. The molecule has 1 saturated carbocycles. The smallest absolute Gasteiger partial charge is 0.0145 e. The first-order valence-corrected chi connectivity index (χ1v) is 19.1. The minimum Gasteiger partial charge on any atom is -0.517 e. The zero-order chi connectivity index (χ0) is 27.5. The number of anilines is 1. The van der Waals surface area contributed by atoms with Gasteiger partial charge in [0.25, 0.3) is 0 Å². The molecule has 2 nitrogen and oxygen atoms in total. The van der Waals surface area contributed by atoms with Gasteiger partial charge in [0.1, 0.15) is 0 Å². The molecule has 3 atom stereocenters. The van der Waals surface area contributed by atoms with Gasteiger partial charge in [0, 0.05) is 11.2 Å². The number of para-hydroxylation sites is 2. The Bertz CT molecular complexity index is 1070. The molecule has 208 valence electrons. The van der Waals surface area contributed by atoms with Crippen LogP contribution in [0.15, 0.2) is 42.5 Å². The molecular formula is C32H46Cl2NORu-. The Hall–Kier alpha value is -0.887. The summed E-state index contributed by atoms with van der Waals surface area (Å²) in [6, 6.07) is 14.7. The monoisotopic (exact) mass is 632 g/mol. The van der Waals surface area contributed by atoms with E-state index in [4.69, 9.17) is 24.1 Å². The predicted molar refractivity (Wildman–Crippen MR) is 160 cm³/mol. The van der Waals surface area contributed by atoms with Crippen molar-refractivity contribution in [2.45, 2.75) is 105 Å². The maximum Gasteiger partial charge on any atom is 0.0145 e. The van der Waals surface area contributed by atoms with E-state index in [2.05, 4.69) is 78.1 Å². The van der Waals surface area contributed by atoms with Crippen LogP contribution in [0.1, 0.15) is 110 Å². The summed E-state index contributed by atoms with van der Waals surface area (Å²) in [4.78, 5) is 2.70. The van der Waals surface area contributed by atoms with Gasteiger partial charge < -0.3 is 4.90 Å². The number of hydrogen-bond donors (Lipinski definition) is 0. The zero-order valence-electron chi connectivity index (χ0n) is 24.1. The van der Waals surface area contributed by atoms with Gasteiger partial charge in [0.2, 0.25) is 0 Å². The Morgan fingerprint density at radius 2 is 1.54 bits per heavy atom. The molecule has 3 fully saturated rings. The van der Waals surface area contributed by atoms with Crippen molar-refractivity contribution in [1.29, 1.82) is 0 Å². The maximum atomic E-state index is 5.82. The minimum absolute atomic E-state index is 0.163. The van der Waals surface area contributed by atoms with E-state index in [1.807, 2.05) is 42.7 Å². The summed E-state index contributed by atoms with van der Waals surface area (Å²) in [5.74, 6) is 2.76. The van der Waals surface area contributed by atoms with Gasteiger partial charge in [-0.1, -0.05) is 72.1 Å². The molecule has 2 aromatic carbocycles. The summed E-state index contributed by atoms with van der Waals surface area (Å²) >= 11 is -1.77. The Morgan fingerprint density at radius 1 is 0.946 bits per heavy atom. The molecule has 2 aliphatic heterocycles. The van der Waals surface area contributed by atoms with Crippen molar-refractivity contribution in [2.75, 3.05) is 4.90 Å². The molecule has 0 radical (unpaired) electrons. The molecule has 2 aromatic rings. The molecule has 2 heterocycles. The predicted octanol–water partition coefficient (Wildman–Crippen LogP) is 10.1. The van der Waals surface area contributed by atoms with Gasteiger partial charge in [-0.2, -0.15) is 0 Å². The van der Waals surface area contributed by atoms with E-state index in [0.29, 0.717) is 17.3 Å². The van der Waals surface area contributed by atoms with Crippen molar-refractivity contribution in [3.05, 3.63) is 65.7 Å². The van der Waals surface area contributed by atoms with Crippen LogP contribution in [0.5, 0.6) is 5.75 Å². The van der Waals surface area contributed by atoms with Gasteiger partial charge in [-0.3, -0.25) is 0 Å². The third-order valence-electron chi connectivity index (χ3n) is 8.13. The SMILES string of the molecule is CC(C)Oc1ccccc1[CH]=[Ru]([Cl])[Cl].CC(C)c1cccc(C(C)C)c1N1[CH-][C@@]2(C)CC[C@]1(C)C[C@H]2C. The minimum atomic E-state index is -1.77. The molecule has 1 aliphatic carbocycles. The molecule has 0 N–H and O–H groups in total. The van der Waals surface area contributed by atoms with E-state index in [1.165, 1.54) is 36.1 Å². The van der Waals surface area contributed by atoms with E-state index in [1.54, 1.807) is 0 Å². The van der Waals surface area contributed by atoms with Crippen molar-refractivity contribution in [3.63, 3.8) is 0 Å². The second-order valence-corrected chi connectivity index (χ2v) is 17.9. The van der Waals surface area contributed by atoms with Crippen LogP contribution < -0.4 is 9.64 Å². The van der Waals surface area contributed by atoms with Crippen LogP contribution >= 0.6 is 19.4 Å². The molecule has 0 spiro atoms. The topological polar surface area (TPSA) is 12.5 Å². The molecule has 2 bridgehead atoms. The summed E-state index contributed by atoms with van der Waals surface area (Å²) in [6.45, 7) is 23.3. The average molecular weight is 633 g/mol. The van der Waals surface area contributed by atoms with E-state index in [9.17, 15) is 0 Å². The fourth-order valence-corrected chi connectivity index (χ4v) is 7.58. The first kappa shape index (κ1) is 30.7. The Balaban J connectivity index is 0.000000233. The quantitative estimate of drug-likeness (QED) is 0.232. The van der Waals surface area contributed by atoms with E-state index >= 15 is 0 Å². The first-order valence-electron chi connectivity index (χ1n) is 13.6. The molecule has 2 saturated heterocycles. The van der Waals surface area contributed by atoms with Gasteiger partial charge >= 0.3 is 97.8 Å². The summed E-state index contributed by atoms with van der Waals surface area (Å²) in [5.41, 5.74) is 6.17. The largest absolute Gasteiger partial charge is 0.517 e. The standard InChI is InChI=1S/C22H34N.C10H12O.2ClH.Ru/c1-15(2)18-9-8-10-19(16(3)4)20(18)23-14-21(6)11-12-22(23,7)13-17(21)5;1-8(2)11-10-7-5-4-6-9(10)3;;;/h8-10,14-17H,11-13H2,1-7H3;3-8H,1-2H3;2*1H;/q-1;;;;+2/p-2/t17-,21-,22-;;;;/m1..../s1. The number of rotatable bonds is 6. The zero-order valence-corrected chi connectivity index (χ0v) is 27.3. The molecule has 37 heavy (non-hydrogen) atoms. The van der Waals surface area contributed by atoms with Gasteiger partial charge in [0.05, 0.1) is 0 Å². The van der Waals surface area contributed by atoms with Crippen molar-refractivity contribution in [3.8, 4) is 5.75 Å². The molecule has 5 heteroatoms. The van der Waals surface area contributed by atoms with E-state index in [0.717, 1.165) is 17.2 Å². The summed E-state index contributed by atoms with van der Waals surface area (Å²) in [7, 11) is 11.6. The molecule has 0 aromatic heterocycles. The van der Waals surface area contributed by atoms with Gasteiger partial charge in [-0.25, -0.2) is 6.54 Å². The van der Waals surface area contributed by atoms with E-state index < -0.39 is 13.5 Å². The summed E-state index contributed by atoms with van der Waals surface area (Å²) in [6.07, 6.45) is 4.12. The van der Waals surface area contributed by atoms with Crippen LogP contribution in [-0.2, 0) is 13.5 Å². The van der Waals surface area contributed by atoms with Gasteiger partial charge in [-0.15, -0.1) is 5.41 Å². The number of nitrogens with zero attached hydrogens (tertiary/aromatic N) is 1. The van der Waals surface area contributed by atoms with Gasteiger partial charge in [0.15, 0.2) is 0 Å². The second kappa shape index (κ2) is 12.5. The number of hydrogen-bond acceptors (Lipinski definition) is 2. The van der Waals surface area contributed by atoms with Crippen LogP contribution in [0.25, 0.3) is 0 Å². The number of piperidine rings is 2. The molecule has 0 amide bonds. The van der Waals surface area contributed by atoms with Crippen molar-refractivity contribution in [2.24, 2.45) is 11.3 Å². The van der Waals surface area contributed by atoms with Gasteiger partial charge in [-0.05, 0) is 42.7 Å². The maximum absolute atomic E-state index is 5.82. The normalized spacial score (nSPS) is 25.3. The third-order valence-corrected chi connectivity index (χ3v) is 9.96. The van der Waals surface area contributed by atoms with Crippen molar-refractivity contribution in [1.82, 2.24) is 0 Å². The van der Waals surface area contributed by atoms with Crippen molar-refractivity contribution < 1.29 is 18.3 Å². The number of ether oxygens (including phenoxy) is 1. The Morgan fingerprint density at radius 3 is 2.05 bits per heavy atom. The van der Waals surface area contributed by atoms with Crippen LogP contribution in [0, 0.1) is 17.9 Å². The van der Waals surface area contributed by atoms with E-state index in [-0.39, 0.29) is 11.6 Å². The molecule has 3 aliphatic rings. The fraction of sp³-hybridized carbons (Fsp3) is 0.562.